The molecule has 0 aromatic heterocycles. The van der Waals surface area contributed by atoms with Crippen molar-refractivity contribution < 1.29 is 33.4 Å². The second kappa shape index (κ2) is 8.70. The molecule has 0 bridgehead atoms. The van der Waals surface area contributed by atoms with Crippen LogP contribution in [0.15, 0.2) is 42.5 Å². The molecular weight excluding hydrogens is 416 g/mol. The summed E-state index contributed by atoms with van der Waals surface area (Å²) >= 11 is 0. The van der Waals surface area contributed by atoms with E-state index in [1.807, 2.05) is 19.9 Å². The average molecular weight is 440 g/mol. The van der Waals surface area contributed by atoms with Crippen molar-refractivity contribution in [2.45, 2.75) is 25.9 Å². The van der Waals surface area contributed by atoms with Gasteiger partial charge in [0, 0.05) is 26.1 Å². The molecule has 168 valence electrons. The minimum Gasteiger partial charge on any atom is -0.483 e. The van der Waals surface area contributed by atoms with Crippen molar-refractivity contribution in [3.05, 3.63) is 53.6 Å². The summed E-state index contributed by atoms with van der Waals surface area (Å²) in [5.41, 5.74) is 0.696. The monoisotopic (exact) mass is 440 g/mol. The number of carbonyl (C=O) groups is 4. The number of benzene rings is 2. The number of carbonyl (C=O) groups excluding carboxylic acids is 4. The van der Waals surface area contributed by atoms with Crippen molar-refractivity contribution in [2.75, 3.05) is 26.1 Å². The number of ether oxygens (including phenoxy) is 3. The summed E-state index contributed by atoms with van der Waals surface area (Å²) < 4.78 is 15.9. The summed E-state index contributed by atoms with van der Waals surface area (Å²) in [6.45, 7) is 3.82. The molecule has 0 unspecified atom stereocenters. The van der Waals surface area contributed by atoms with Gasteiger partial charge in [0.1, 0.15) is 5.60 Å². The van der Waals surface area contributed by atoms with Gasteiger partial charge in [-0.1, -0.05) is 24.3 Å². The number of methoxy groups -OCH3 is 1. The lowest BCUT2D eigenvalue weighted by Crippen LogP contribution is -2.46. The molecule has 0 N–H and O–H groups in total. The molecule has 0 spiro atoms. The first-order chi connectivity index (χ1) is 15.1. The Hall–Kier alpha value is -3.88. The minimum absolute atomic E-state index is 0.100. The predicted molar refractivity (Wildman–Crippen MR) is 115 cm³/mol. The number of hydrogen-bond acceptors (Lipinski definition) is 7. The molecule has 1 heterocycles. The fourth-order valence-corrected chi connectivity index (χ4v) is 3.36. The lowest BCUT2D eigenvalue weighted by atomic mass is 10.0. The van der Waals surface area contributed by atoms with E-state index >= 15 is 0 Å². The predicted octanol–water partition coefficient (Wildman–Crippen LogP) is 2.81. The molecule has 0 saturated carbocycles. The van der Waals surface area contributed by atoms with Gasteiger partial charge < -0.3 is 19.1 Å². The first-order valence-corrected chi connectivity index (χ1v) is 9.81. The fourth-order valence-electron chi connectivity index (χ4n) is 3.36. The van der Waals surface area contributed by atoms with Crippen LogP contribution in [0, 0.1) is 0 Å². The van der Waals surface area contributed by atoms with E-state index in [2.05, 4.69) is 0 Å². The average Bonchev–Trinajstić information content (AvgIpc) is 3.11. The number of para-hydroxylation sites is 2. The van der Waals surface area contributed by atoms with Gasteiger partial charge in [-0.3, -0.25) is 9.59 Å². The Morgan fingerprint density at radius 1 is 0.969 bits per heavy atom. The number of fused-ring (bicyclic) bond motifs is 1. The number of imide groups is 1. The molecule has 1 aliphatic rings. The maximum Gasteiger partial charge on any atom is 0.422 e. The second-order valence-electron chi connectivity index (χ2n) is 7.89. The van der Waals surface area contributed by atoms with E-state index in [4.69, 9.17) is 14.2 Å². The molecule has 0 atom stereocenters. The van der Waals surface area contributed by atoms with Gasteiger partial charge in [-0.2, -0.15) is 0 Å². The van der Waals surface area contributed by atoms with Crippen LogP contribution in [0.3, 0.4) is 0 Å². The largest absolute Gasteiger partial charge is 0.483 e. The fraction of sp³-hybridized carbons (Fsp3) is 0.304. The Balaban J connectivity index is 1.75. The number of anilines is 1. The summed E-state index contributed by atoms with van der Waals surface area (Å²) in [5, 5.41) is 0. The van der Waals surface area contributed by atoms with Crippen LogP contribution in [0.5, 0.6) is 11.5 Å². The first kappa shape index (κ1) is 22.8. The second-order valence-corrected chi connectivity index (χ2v) is 7.89. The standard InChI is InChI=1S/C23H24N2O7/c1-23(2)13-14-9-8-12-17(18(14)32-23)31-22(29)25(4)20(27)19(26)24(3)16-11-7-6-10-15(16)21(28)30-5/h6-12H,13H2,1-5H3. The normalized spacial score (nSPS) is 13.4. The molecular formula is C23H24N2O7. The van der Waals surface area contributed by atoms with Crippen molar-refractivity contribution in [3.8, 4) is 11.5 Å². The summed E-state index contributed by atoms with van der Waals surface area (Å²) in [7, 11) is 3.67. The van der Waals surface area contributed by atoms with Crippen molar-refractivity contribution in [2.24, 2.45) is 0 Å². The van der Waals surface area contributed by atoms with Crippen LogP contribution < -0.4 is 14.4 Å². The molecule has 0 aliphatic carbocycles. The van der Waals surface area contributed by atoms with Crippen LogP contribution in [0.2, 0.25) is 0 Å². The number of esters is 1. The topological polar surface area (TPSA) is 102 Å². The number of likely N-dealkylation sites (N-methyl/N-ethyl adjacent to an activating group) is 2. The van der Waals surface area contributed by atoms with Crippen LogP contribution in [-0.4, -0.2) is 55.6 Å². The van der Waals surface area contributed by atoms with E-state index in [9.17, 15) is 19.2 Å². The van der Waals surface area contributed by atoms with Gasteiger partial charge in [0.2, 0.25) is 0 Å². The Labute approximate surface area is 185 Å². The molecule has 3 rings (SSSR count). The zero-order valence-corrected chi connectivity index (χ0v) is 18.5. The van der Waals surface area contributed by atoms with E-state index in [-0.39, 0.29) is 17.0 Å². The Bertz CT molecular complexity index is 1090. The van der Waals surface area contributed by atoms with Crippen LogP contribution >= 0.6 is 0 Å². The highest BCUT2D eigenvalue weighted by Gasteiger charge is 2.34. The molecule has 0 fully saturated rings. The zero-order chi connectivity index (χ0) is 23.6. The molecule has 9 nitrogen and oxygen atoms in total. The number of rotatable bonds is 3. The molecule has 2 aromatic rings. The molecule has 1 aliphatic heterocycles. The summed E-state index contributed by atoms with van der Waals surface area (Å²) in [6, 6.07) is 11.3. The van der Waals surface area contributed by atoms with Gasteiger partial charge in [-0.25, -0.2) is 14.5 Å². The third kappa shape index (κ3) is 4.41. The first-order valence-electron chi connectivity index (χ1n) is 9.81. The number of amides is 3. The highest BCUT2D eigenvalue weighted by molar-refractivity contribution is 6.42. The van der Waals surface area contributed by atoms with Crippen LogP contribution in [0.4, 0.5) is 10.5 Å². The SMILES string of the molecule is COC(=O)c1ccccc1N(C)C(=O)C(=O)N(C)C(=O)Oc1cccc2c1OC(C)(C)C2. The van der Waals surface area contributed by atoms with Crippen LogP contribution in [0.25, 0.3) is 0 Å². The molecule has 9 heteroatoms. The van der Waals surface area contributed by atoms with Crippen LogP contribution in [0.1, 0.15) is 29.8 Å². The third-order valence-electron chi connectivity index (χ3n) is 4.99. The third-order valence-corrected chi connectivity index (χ3v) is 4.99. The molecule has 3 amide bonds. The van der Waals surface area contributed by atoms with Gasteiger partial charge >= 0.3 is 23.9 Å². The maximum atomic E-state index is 12.7. The highest BCUT2D eigenvalue weighted by Crippen LogP contribution is 2.41. The van der Waals surface area contributed by atoms with Crippen LogP contribution in [-0.2, 0) is 20.7 Å². The zero-order valence-electron chi connectivity index (χ0n) is 18.5. The van der Waals surface area contributed by atoms with Gasteiger partial charge in [-0.05, 0) is 32.0 Å². The summed E-state index contributed by atoms with van der Waals surface area (Å²) in [4.78, 5) is 51.5. The van der Waals surface area contributed by atoms with E-state index in [1.165, 1.54) is 26.3 Å². The van der Waals surface area contributed by atoms with E-state index in [1.54, 1.807) is 24.3 Å². The lowest BCUT2D eigenvalue weighted by Gasteiger charge is -2.22. The number of hydrogen-bond donors (Lipinski definition) is 0. The quantitative estimate of drug-likeness (QED) is 0.534. The Morgan fingerprint density at radius 2 is 1.66 bits per heavy atom. The van der Waals surface area contributed by atoms with Crippen molar-refractivity contribution in [1.82, 2.24) is 4.90 Å². The molecule has 0 saturated heterocycles. The minimum atomic E-state index is -1.13. The molecule has 32 heavy (non-hydrogen) atoms. The number of nitrogens with zero attached hydrogens (tertiary/aromatic N) is 2. The van der Waals surface area contributed by atoms with E-state index in [0.717, 1.165) is 17.5 Å². The van der Waals surface area contributed by atoms with Gasteiger partial charge in [0.25, 0.3) is 0 Å². The Morgan fingerprint density at radius 3 is 2.34 bits per heavy atom. The molecule has 2 aromatic carbocycles. The van der Waals surface area contributed by atoms with Gasteiger partial charge in [0.05, 0.1) is 18.4 Å². The Kier molecular flexibility index (Phi) is 6.20. The van der Waals surface area contributed by atoms with Gasteiger partial charge in [0.15, 0.2) is 11.5 Å². The van der Waals surface area contributed by atoms with E-state index in [0.29, 0.717) is 17.1 Å². The smallest absolute Gasteiger partial charge is 0.422 e. The van der Waals surface area contributed by atoms with Crippen molar-refractivity contribution in [3.63, 3.8) is 0 Å². The van der Waals surface area contributed by atoms with E-state index < -0.39 is 29.5 Å². The van der Waals surface area contributed by atoms with Crippen molar-refractivity contribution >= 4 is 29.6 Å². The summed E-state index contributed by atoms with van der Waals surface area (Å²) in [6.07, 6.45) is -0.398. The highest BCUT2D eigenvalue weighted by atomic mass is 16.6. The molecule has 0 radical (unpaired) electrons. The van der Waals surface area contributed by atoms with Gasteiger partial charge in [-0.15, -0.1) is 0 Å². The van der Waals surface area contributed by atoms with Crippen molar-refractivity contribution in [1.29, 1.82) is 0 Å². The summed E-state index contributed by atoms with van der Waals surface area (Å²) in [5.74, 6) is -2.24. The lowest BCUT2D eigenvalue weighted by molar-refractivity contribution is -0.142. The maximum absolute atomic E-state index is 12.7.